The summed E-state index contributed by atoms with van der Waals surface area (Å²) in [6.07, 6.45) is 0. The van der Waals surface area contributed by atoms with E-state index < -0.39 is 5.97 Å². The molecule has 0 aliphatic rings. The Balaban J connectivity index is 1.88. The summed E-state index contributed by atoms with van der Waals surface area (Å²) in [5.74, 6) is -0.453. The highest BCUT2D eigenvalue weighted by molar-refractivity contribution is 6.16. The number of fused-ring (bicyclic) bond motifs is 2. The second kappa shape index (κ2) is 7.56. The van der Waals surface area contributed by atoms with Gasteiger partial charge in [0.05, 0.1) is 5.56 Å². The zero-order chi connectivity index (χ0) is 18.7. The van der Waals surface area contributed by atoms with Crippen LogP contribution in [0, 0.1) is 5.92 Å². The maximum atomic E-state index is 12.8. The van der Waals surface area contributed by atoms with Gasteiger partial charge in [0.15, 0.2) is 6.61 Å². The van der Waals surface area contributed by atoms with E-state index in [1.807, 2.05) is 69.3 Å². The highest BCUT2D eigenvalue weighted by Gasteiger charge is 2.18. The van der Waals surface area contributed by atoms with Gasteiger partial charge in [-0.15, -0.1) is 0 Å². The van der Waals surface area contributed by atoms with Crippen LogP contribution in [-0.2, 0) is 9.53 Å². The van der Waals surface area contributed by atoms with E-state index >= 15 is 0 Å². The van der Waals surface area contributed by atoms with E-state index in [1.165, 1.54) is 0 Å². The second-order valence-electron chi connectivity index (χ2n) is 6.87. The molecule has 3 aromatic carbocycles. The second-order valence-corrected chi connectivity index (χ2v) is 6.87. The Morgan fingerprint density at radius 2 is 1.46 bits per heavy atom. The van der Waals surface area contributed by atoms with Crippen LogP contribution in [0.3, 0.4) is 0 Å². The number of rotatable bonds is 5. The molecule has 0 radical (unpaired) electrons. The number of nitrogens with one attached hydrogen (secondary N) is 1. The lowest BCUT2D eigenvalue weighted by Gasteiger charge is -2.17. The predicted octanol–water partition coefficient (Wildman–Crippen LogP) is 4.31. The largest absolute Gasteiger partial charge is 0.452 e. The van der Waals surface area contributed by atoms with E-state index in [4.69, 9.17) is 4.74 Å². The van der Waals surface area contributed by atoms with Gasteiger partial charge < -0.3 is 10.1 Å². The van der Waals surface area contributed by atoms with Crippen molar-refractivity contribution in [3.8, 4) is 0 Å². The summed E-state index contributed by atoms with van der Waals surface area (Å²) in [5.41, 5.74) is 0.503. The molecule has 0 unspecified atom stereocenters. The molecule has 0 heterocycles. The minimum Gasteiger partial charge on any atom is -0.452 e. The molecular formula is C22H23NO3. The third-order valence-electron chi connectivity index (χ3n) is 4.70. The quantitative estimate of drug-likeness (QED) is 0.551. The Hall–Kier alpha value is -2.88. The Morgan fingerprint density at radius 1 is 0.923 bits per heavy atom. The molecule has 3 aromatic rings. The van der Waals surface area contributed by atoms with Crippen molar-refractivity contribution in [1.29, 1.82) is 0 Å². The molecule has 4 heteroatoms. The zero-order valence-corrected chi connectivity index (χ0v) is 15.3. The van der Waals surface area contributed by atoms with Crippen molar-refractivity contribution in [2.24, 2.45) is 5.92 Å². The van der Waals surface area contributed by atoms with Crippen molar-refractivity contribution in [2.75, 3.05) is 6.61 Å². The SMILES string of the molecule is CC(C)[C@@H](C)NC(=O)COC(=O)c1c2ccccc2cc2ccccc12. The summed E-state index contributed by atoms with van der Waals surface area (Å²) in [4.78, 5) is 24.8. The molecule has 0 aliphatic carbocycles. The van der Waals surface area contributed by atoms with E-state index in [1.54, 1.807) is 0 Å². The lowest BCUT2D eigenvalue weighted by molar-refractivity contribution is -0.125. The number of carbonyl (C=O) groups excluding carboxylic acids is 2. The van der Waals surface area contributed by atoms with Gasteiger partial charge in [0.1, 0.15) is 0 Å². The molecule has 0 fully saturated rings. The van der Waals surface area contributed by atoms with Crippen LogP contribution in [0.15, 0.2) is 54.6 Å². The van der Waals surface area contributed by atoms with Crippen molar-refractivity contribution in [3.63, 3.8) is 0 Å². The lowest BCUT2D eigenvalue weighted by atomic mass is 9.97. The topological polar surface area (TPSA) is 55.4 Å². The summed E-state index contributed by atoms with van der Waals surface area (Å²) in [6.45, 7) is 5.70. The van der Waals surface area contributed by atoms with Crippen LogP contribution in [0.5, 0.6) is 0 Å². The van der Waals surface area contributed by atoms with Gasteiger partial charge in [-0.1, -0.05) is 62.4 Å². The van der Waals surface area contributed by atoms with E-state index in [0.29, 0.717) is 11.5 Å². The van der Waals surface area contributed by atoms with E-state index in [2.05, 4.69) is 11.4 Å². The highest BCUT2D eigenvalue weighted by atomic mass is 16.5. The van der Waals surface area contributed by atoms with Gasteiger partial charge in [0, 0.05) is 6.04 Å². The van der Waals surface area contributed by atoms with Gasteiger partial charge in [-0.25, -0.2) is 4.79 Å². The lowest BCUT2D eigenvalue weighted by Crippen LogP contribution is -2.38. The third-order valence-corrected chi connectivity index (χ3v) is 4.70. The third kappa shape index (κ3) is 3.69. The maximum absolute atomic E-state index is 12.8. The minimum absolute atomic E-state index is 0.0274. The number of benzene rings is 3. The van der Waals surface area contributed by atoms with E-state index in [9.17, 15) is 9.59 Å². The van der Waals surface area contributed by atoms with Crippen molar-refractivity contribution in [3.05, 3.63) is 60.2 Å². The Labute approximate surface area is 153 Å². The van der Waals surface area contributed by atoms with Crippen molar-refractivity contribution < 1.29 is 14.3 Å². The molecule has 0 spiro atoms. The predicted molar refractivity (Wildman–Crippen MR) is 104 cm³/mol. The summed E-state index contributed by atoms with van der Waals surface area (Å²) in [6, 6.07) is 17.5. The van der Waals surface area contributed by atoms with Gasteiger partial charge in [-0.3, -0.25) is 4.79 Å². The molecule has 1 amide bonds. The molecule has 134 valence electrons. The van der Waals surface area contributed by atoms with E-state index in [0.717, 1.165) is 21.5 Å². The molecule has 1 atom stereocenters. The molecular weight excluding hydrogens is 326 g/mol. The van der Waals surface area contributed by atoms with Gasteiger partial charge >= 0.3 is 5.97 Å². The molecule has 0 saturated heterocycles. The molecule has 0 bridgehead atoms. The molecule has 3 rings (SSSR count). The standard InChI is InChI=1S/C22H23NO3/c1-14(2)15(3)23-20(24)13-26-22(25)21-18-10-6-4-8-16(18)12-17-9-5-7-11-19(17)21/h4-12,14-15H,13H2,1-3H3,(H,23,24)/t15-/m1/s1. The summed E-state index contributed by atoms with van der Waals surface area (Å²) in [5, 5.41) is 6.43. The minimum atomic E-state index is -0.481. The first-order valence-electron chi connectivity index (χ1n) is 8.84. The molecule has 0 aliphatic heterocycles. The molecule has 1 N–H and O–H groups in total. The van der Waals surface area contributed by atoms with Crippen molar-refractivity contribution >= 4 is 33.4 Å². The Bertz CT molecular complexity index is 908. The number of esters is 1. The fourth-order valence-electron chi connectivity index (χ4n) is 2.90. The van der Waals surface area contributed by atoms with Gasteiger partial charge in [-0.2, -0.15) is 0 Å². The molecule has 26 heavy (non-hydrogen) atoms. The Kier molecular flexibility index (Phi) is 5.21. The van der Waals surface area contributed by atoms with Crippen molar-refractivity contribution in [2.45, 2.75) is 26.8 Å². The van der Waals surface area contributed by atoms with Crippen molar-refractivity contribution in [1.82, 2.24) is 5.32 Å². The monoisotopic (exact) mass is 349 g/mol. The van der Waals surface area contributed by atoms with Crippen LogP contribution in [0.2, 0.25) is 0 Å². The zero-order valence-electron chi connectivity index (χ0n) is 15.3. The first kappa shape index (κ1) is 17.9. The maximum Gasteiger partial charge on any atom is 0.339 e. The van der Waals surface area contributed by atoms with Crippen LogP contribution in [0.4, 0.5) is 0 Å². The number of amides is 1. The first-order valence-corrected chi connectivity index (χ1v) is 8.84. The van der Waals surface area contributed by atoms with Crippen LogP contribution in [-0.4, -0.2) is 24.5 Å². The molecule has 0 saturated carbocycles. The van der Waals surface area contributed by atoms with Crippen LogP contribution in [0.25, 0.3) is 21.5 Å². The normalized spacial score (nSPS) is 12.3. The summed E-state index contributed by atoms with van der Waals surface area (Å²) in [7, 11) is 0. The van der Waals surface area contributed by atoms with Crippen LogP contribution < -0.4 is 5.32 Å². The smallest absolute Gasteiger partial charge is 0.339 e. The van der Waals surface area contributed by atoms with Gasteiger partial charge in [-0.05, 0) is 40.5 Å². The highest BCUT2D eigenvalue weighted by Crippen LogP contribution is 2.29. The Morgan fingerprint density at radius 3 is 2.00 bits per heavy atom. The van der Waals surface area contributed by atoms with Gasteiger partial charge in [0.25, 0.3) is 5.91 Å². The average Bonchev–Trinajstić information content (AvgIpc) is 2.64. The molecule has 4 nitrogen and oxygen atoms in total. The van der Waals surface area contributed by atoms with Gasteiger partial charge in [0.2, 0.25) is 0 Å². The van der Waals surface area contributed by atoms with Crippen LogP contribution >= 0.6 is 0 Å². The van der Waals surface area contributed by atoms with Crippen LogP contribution in [0.1, 0.15) is 31.1 Å². The number of hydrogen-bond acceptors (Lipinski definition) is 3. The average molecular weight is 349 g/mol. The summed E-state index contributed by atoms with van der Waals surface area (Å²) >= 11 is 0. The fourth-order valence-corrected chi connectivity index (χ4v) is 2.90. The van der Waals surface area contributed by atoms with E-state index in [-0.39, 0.29) is 18.6 Å². The first-order chi connectivity index (χ1) is 12.5. The number of carbonyl (C=O) groups is 2. The summed E-state index contributed by atoms with van der Waals surface area (Å²) < 4.78 is 5.34. The fraction of sp³-hybridized carbons (Fsp3) is 0.273. The molecule has 0 aromatic heterocycles. The number of hydrogen-bond donors (Lipinski definition) is 1. The number of ether oxygens (including phenoxy) is 1.